The minimum absolute atomic E-state index is 0.281. The summed E-state index contributed by atoms with van der Waals surface area (Å²) in [5, 5.41) is 1.09. The summed E-state index contributed by atoms with van der Waals surface area (Å²) in [6.45, 7) is 12.3. The maximum atomic E-state index is 5.68. The van der Waals surface area contributed by atoms with E-state index in [1.54, 1.807) is 0 Å². The quantitative estimate of drug-likeness (QED) is 0.542. The minimum Gasteiger partial charge on any atom is -0.379 e. The lowest BCUT2D eigenvalue weighted by molar-refractivity contribution is 0.0342. The molecule has 1 atom stereocenters. The highest BCUT2D eigenvalue weighted by Gasteiger charge is 2.24. The van der Waals surface area contributed by atoms with E-state index >= 15 is 0 Å². The van der Waals surface area contributed by atoms with Crippen LogP contribution in [0.3, 0.4) is 0 Å². The van der Waals surface area contributed by atoms with Gasteiger partial charge < -0.3 is 24.0 Å². The zero-order valence-electron chi connectivity index (χ0n) is 21.1. The predicted octanol–water partition coefficient (Wildman–Crippen LogP) is 3.19. The third-order valence-corrected chi connectivity index (χ3v) is 7.41. The first kappa shape index (κ1) is 23.6. The molecule has 0 amide bonds. The van der Waals surface area contributed by atoms with Crippen LogP contribution in [0.1, 0.15) is 12.5 Å². The molecular formula is C28H35N5O3. The van der Waals surface area contributed by atoms with Gasteiger partial charge in [-0.25, -0.2) is 9.97 Å². The van der Waals surface area contributed by atoms with Crippen LogP contribution in [-0.4, -0.2) is 93.3 Å². The Hall–Kier alpha value is -2.78. The maximum Gasteiger partial charge on any atom is 0.164 e. The number of nitrogens with zero attached hydrogens (tertiary/aromatic N) is 5. The van der Waals surface area contributed by atoms with Crippen molar-refractivity contribution in [1.82, 2.24) is 14.9 Å². The Balaban J connectivity index is 1.33. The second kappa shape index (κ2) is 10.7. The summed E-state index contributed by atoms with van der Waals surface area (Å²) in [5.74, 6) is 0.977. The fraction of sp³-hybridized carbons (Fsp3) is 0.500. The summed E-state index contributed by atoms with van der Waals surface area (Å²) < 4.78 is 16.8. The van der Waals surface area contributed by atoms with Gasteiger partial charge in [0.05, 0.1) is 57.1 Å². The van der Waals surface area contributed by atoms with Gasteiger partial charge in [0.2, 0.25) is 0 Å². The first-order valence-corrected chi connectivity index (χ1v) is 13.1. The monoisotopic (exact) mass is 489 g/mol. The normalized spacial score (nSPS) is 21.8. The Bertz CT molecular complexity index is 1180. The number of ether oxygens (including phenoxy) is 3. The number of morpholine rings is 3. The number of benzene rings is 1. The Kier molecular flexibility index (Phi) is 7.01. The third-order valence-electron chi connectivity index (χ3n) is 7.41. The maximum absolute atomic E-state index is 5.68. The fourth-order valence-electron chi connectivity index (χ4n) is 5.31. The van der Waals surface area contributed by atoms with Crippen molar-refractivity contribution in [2.24, 2.45) is 0 Å². The van der Waals surface area contributed by atoms with Crippen LogP contribution < -0.4 is 9.80 Å². The van der Waals surface area contributed by atoms with Gasteiger partial charge in [0.1, 0.15) is 5.82 Å². The van der Waals surface area contributed by atoms with Gasteiger partial charge >= 0.3 is 0 Å². The first-order valence-electron chi connectivity index (χ1n) is 13.1. The highest BCUT2D eigenvalue weighted by atomic mass is 16.5. The van der Waals surface area contributed by atoms with Crippen LogP contribution in [0.4, 0.5) is 11.5 Å². The average molecular weight is 490 g/mol. The molecule has 3 fully saturated rings. The Morgan fingerprint density at radius 3 is 2.28 bits per heavy atom. The first-order chi connectivity index (χ1) is 17.7. The minimum atomic E-state index is 0.281. The molecule has 0 saturated carbocycles. The molecule has 190 valence electrons. The molecule has 0 aliphatic carbocycles. The largest absolute Gasteiger partial charge is 0.379 e. The second-order valence-corrected chi connectivity index (χ2v) is 9.87. The van der Waals surface area contributed by atoms with Crippen LogP contribution in [0, 0.1) is 0 Å². The zero-order chi connectivity index (χ0) is 24.3. The van der Waals surface area contributed by atoms with Crippen LogP contribution in [0.2, 0.25) is 0 Å². The Morgan fingerprint density at radius 1 is 0.806 bits per heavy atom. The van der Waals surface area contributed by atoms with Gasteiger partial charge in [0.25, 0.3) is 0 Å². The number of fused-ring (bicyclic) bond motifs is 1. The highest BCUT2D eigenvalue weighted by Crippen LogP contribution is 2.33. The standard InChI is InChI=1S/C28H35N5O3/c1-21-20-36-17-12-33(21)27-18-26(32-10-15-35-16-11-32)24-6-7-25(29-28(24)30-27)23-4-2-22(3-5-23)19-31-8-13-34-14-9-31/h2-7,18,21H,8-17,19-20H2,1H3. The number of anilines is 2. The van der Waals surface area contributed by atoms with Crippen molar-refractivity contribution in [2.75, 3.05) is 82.2 Å². The number of aromatic nitrogens is 2. The molecule has 2 aromatic heterocycles. The smallest absolute Gasteiger partial charge is 0.164 e. The molecule has 1 aromatic carbocycles. The molecule has 0 radical (unpaired) electrons. The van der Waals surface area contributed by atoms with Crippen LogP contribution in [0.5, 0.6) is 0 Å². The van der Waals surface area contributed by atoms with Crippen molar-refractivity contribution < 1.29 is 14.2 Å². The Morgan fingerprint density at radius 2 is 1.53 bits per heavy atom. The average Bonchev–Trinajstić information content (AvgIpc) is 2.94. The van der Waals surface area contributed by atoms with Crippen molar-refractivity contribution in [3.05, 3.63) is 48.0 Å². The predicted molar refractivity (Wildman–Crippen MR) is 142 cm³/mol. The number of rotatable bonds is 5. The number of pyridine rings is 2. The molecule has 5 heterocycles. The van der Waals surface area contributed by atoms with E-state index in [2.05, 4.69) is 64.1 Å². The SMILES string of the molecule is CC1COCCN1c1cc(N2CCOCC2)c2ccc(-c3ccc(CN4CCOCC4)cc3)nc2n1. The van der Waals surface area contributed by atoms with E-state index in [1.807, 2.05) is 0 Å². The van der Waals surface area contributed by atoms with Gasteiger partial charge in [0.15, 0.2) is 5.65 Å². The molecule has 1 unspecified atom stereocenters. The molecule has 3 saturated heterocycles. The van der Waals surface area contributed by atoms with Crippen molar-refractivity contribution in [3.8, 4) is 11.3 Å². The van der Waals surface area contributed by atoms with Gasteiger partial charge in [0, 0.05) is 56.3 Å². The molecule has 0 N–H and O–H groups in total. The second-order valence-electron chi connectivity index (χ2n) is 9.87. The summed E-state index contributed by atoms with van der Waals surface area (Å²) in [6.07, 6.45) is 0. The molecule has 3 aromatic rings. The lowest BCUT2D eigenvalue weighted by atomic mass is 10.1. The highest BCUT2D eigenvalue weighted by molar-refractivity contribution is 5.93. The van der Waals surface area contributed by atoms with E-state index in [0.717, 1.165) is 107 Å². The lowest BCUT2D eigenvalue weighted by Gasteiger charge is -2.36. The van der Waals surface area contributed by atoms with Crippen molar-refractivity contribution >= 4 is 22.5 Å². The van der Waals surface area contributed by atoms with E-state index in [4.69, 9.17) is 24.2 Å². The zero-order valence-corrected chi connectivity index (χ0v) is 21.1. The number of hydrogen-bond donors (Lipinski definition) is 0. The summed E-state index contributed by atoms with van der Waals surface area (Å²) in [5.41, 5.74) is 5.37. The molecule has 36 heavy (non-hydrogen) atoms. The van der Waals surface area contributed by atoms with Gasteiger partial charge in [-0.05, 0) is 24.6 Å². The van der Waals surface area contributed by atoms with E-state index in [1.165, 1.54) is 11.3 Å². The van der Waals surface area contributed by atoms with Crippen LogP contribution >= 0.6 is 0 Å². The molecule has 3 aliphatic heterocycles. The van der Waals surface area contributed by atoms with Gasteiger partial charge in [-0.1, -0.05) is 24.3 Å². The molecule has 6 rings (SSSR count). The molecule has 0 bridgehead atoms. The summed E-state index contributed by atoms with van der Waals surface area (Å²) in [6, 6.07) is 15.6. The van der Waals surface area contributed by atoms with Crippen LogP contribution in [-0.2, 0) is 20.8 Å². The third kappa shape index (κ3) is 5.04. The number of hydrogen-bond acceptors (Lipinski definition) is 8. The molecule has 3 aliphatic rings. The summed E-state index contributed by atoms with van der Waals surface area (Å²) in [7, 11) is 0. The van der Waals surface area contributed by atoms with Gasteiger partial charge in [-0.3, -0.25) is 4.90 Å². The van der Waals surface area contributed by atoms with Gasteiger partial charge in [-0.15, -0.1) is 0 Å². The van der Waals surface area contributed by atoms with Crippen molar-refractivity contribution in [2.45, 2.75) is 19.5 Å². The molecule has 0 spiro atoms. The van der Waals surface area contributed by atoms with Crippen molar-refractivity contribution in [3.63, 3.8) is 0 Å². The van der Waals surface area contributed by atoms with E-state index in [0.29, 0.717) is 0 Å². The van der Waals surface area contributed by atoms with Crippen LogP contribution in [0.25, 0.3) is 22.3 Å². The van der Waals surface area contributed by atoms with E-state index in [9.17, 15) is 0 Å². The topological polar surface area (TPSA) is 63.2 Å². The summed E-state index contributed by atoms with van der Waals surface area (Å²) in [4.78, 5) is 17.3. The van der Waals surface area contributed by atoms with Crippen molar-refractivity contribution in [1.29, 1.82) is 0 Å². The van der Waals surface area contributed by atoms with E-state index in [-0.39, 0.29) is 6.04 Å². The summed E-state index contributed by atoms with van der Waals surface area (Å²) >= 11 is 0. The Labute approximate surface area is 212 Å². The molecule has 8 nitrogen and oxygen atoms in total. The van der Waals surface area contributed by atoms with E-state index < -0.39 is 0 Å². The molecule has 8 heteroatoms. The molecular weight excluding hydrogens is 454 g/mol. The fourth-order valence-corrected chi connectivity index (χ4v) is 5.31. The van der Waals surface area contributed by atoms with Crippen LogP contribution in [0.15, 0.2) is 42.5 Å². The van der Waals surface area contributed by atoms with Gasteiger partial charge in [-0.2, -0.15) is 0 Å². The lowest BCUT2D eigenvalue weighted by Crippen LogP contribution is -2.44.